The highest BCUT2D eigenvalue weighted by atomic mass is 32.1. The Balaban J connectivity index is 1.55. The van der Waals surface area contributed by atoms with Gasteiger partial charge in [0.25, 0.3) is 5.91 Å². The lowest BCUT2D eigenvalue weighted by Crippen LogP contribution is -2.43. The maximum Gasteiger partial charge on any atom is 0.254 e. The molecule has 0 radical (unpaired) electrons. The van der Waals surface area contributed by atoms with Crippen LogP contribution in [0.25, 0.3) is 0 Å². The second-order valence-electron chi connectivity index (χ2n) is 6.20. The fourth-order valence-corrected chi connectivity index (χ4v) is 3.96. The molecule has 128 valence electrons. The molecule has 0 saturated carbocycles. The van der Waals surface area contributed by atoms with Crippen LogP contribution in [-0.2, 0) is 17.8 Å². The largest absolute Gasteiger partial charge is 0.370 e. The number of hydrogen-bond acceptors (Lipinski definition) is 4. The van der Waals surface area contributed by atoms with E-state index in [2.05, 4.69) is 18.0 Å². The molecule has 1 amide bonds. The van der Waals surface area contributed by atoms with Crippen molar-refractivity contribution in [1.29, 1.82) is 0 Å². The number of carbonyl (C=O) groups excluding carboxylic acids is 1. The number of thiophene rings is 1. The highest BCUT2D eigenvalue weighted by Crippen LogP contribution is 2.21. The van der Waals surface area contributed by atoms with E-state index in [1.165, 1.54) is 4.88 Å². The second kappa shape index (κ2) is 8.40. The smallest absolute Gasteiger partial charge is 0.254 e. The lowest BCUT2D eigenvalue weighted by Gasteiger charge is -2.32. The quantitative estimate of drug-likeness (QED) is 0.798. The van der Waals surface area contributed by atoms with Gasteiger partial charge in [0.15, 0.2) is 0 Å². The van der Waals surface area contributed by atoms with Crippen LogP contribution in [0, 0.1) is 0 Å². The Labute approximate surface area is 147 Å². The number of aryl methyl sites for hydroxylation is 1. The normalized spacial score (nSPS) is 17.9. The molecule has 3 rings (SSSR count). The van der Waals surface area contributed by atoms with Crippen molar-refractivity contribution in [3.8, 4) is 0 Å². The number of piperidine rings is 1. The van der Waals surface area contributed by atoms with Crippen LogP contribution in [0.2, 0.25) is 0 Å². The molecule has 1 aliphatic heterocycles. The second-order valence-corrected chi connectivity index (χ2v) is 7.19. The number of aromatic nitrogens is 1. The number of amides is 1. The molecular weight excluding hydrogens is 320 g/mol. The van der Waals surface area contributed by atoms with Crippen LogP contribution in [0.4, 0.5) is 0 Å². The number of hydrogen-bond donors (Lipinski definition) is 0. The highest BCUT2D eigenvalue weighted by Gasteiger charge is 2.25. The SMILES string of the molecule is CCCc1cc(C(=O)N2CCC[C@H](OCc3ccccn3)C2)cs1. The molecule has 1 atom stereocenters. The van der Waals surface area contributed by atoms with Gasteiger partial charge in [0.1, 0.15) is 0 Å². The van der Waals surface area contributed by atoms with Crippen LogP contribution in [0.15, 0.2) is 35.8 Å². The Bertz CT molecular complexity index is 656. The average molecular weight is 344 g/mol. The van der Waals surface area contributed by atoms with E-state index in [0.717, 1.165) is 43.5 Å². The van der Waals surface area contributed by atoms with Gasteiger partial charge in [-0.1, -0.05) is 19.4 Å². The predicted molar refractivity (Wildman–Crippen MR) is 96.3 cm³/mol. The first-order valence-electron chi connectivity index (χ1n) is 8.64. The minimum atomic E-state index is 0.0958. The Hall–Kier alpha value is -1.72. The van der Waals surface area contributed by atoms with Crippen molar-refractivity contribution >= 4 is 17.2 Å². The van der Waals surface area contributed by atoms with E-state index in [1.54, 1.807) is 17.5 Å². The summed E-state index contributed by atoms with van der Waals surface area (Å²) in [6, 6.07) is 7.88. The third-order valence-corrected chi connectivity index (χ3v) is 5.25. The standard InChI is InChI=1S/C19H24N2O2S/c1-2-6-18-11-15(14-24-18)19(22)21-10-5-8-17(12-21)23-13-16-7-3-4-9-20-16/h3-4,7,9,11,14,17H,2,5-6,8,10,12-13H2,1H3/t17-/m0/s1. The van der Waals surface area contributed by atoms with Crippen LogP contribution in [0.3, 0.4) is 0 Å². The van der Waals surface area contributed by atoms with Crippen molar-refractivity contribution in [3.05, 3.63) is 52.0 Å². The molecule has 24 heavy (non-hydrogen) atoms. The van der Waals surface area contributed by atoms with Crippen LogP contribution in [0.1, 0.15) is 47.1 Å². The van der Waals surface area contributed by atoms with Crippen molar-refractivity contribution in [2.45, 2.75) is 45.3 Å². The van der Waals surface area contributed by atoms with E-state index in [4.69, 9.17) is 4.74 Å². The Morgan fingerprint density at radius 1 is 1.46 bits per heavy atom. The molecule has 0 bridgehead atoms. The van der Waals surface area contributed by atoms with Crippen LogP contribution in [0.5, 0.6) is 0 Å². The van der Waals surface area contributed by atoms with Gasteiger partial charge in [0.2, 0.25) is 0 Å². The summed E-state index contributed by atoms with van der Waals surface area (Å²) in [6.07, 6.45) is 6.03. The maximum atomic E-state index is 12.7. The summed E-state index contributed by atoms with van der Waals surface area (Å²) in [5.41, 5.74) is 1.76. The van der Waals surface area contributed by atoms with Gasteiger partial charge < -0.3 is 9.64 Å². The zero-order chi connectivity index (χ0) is 16.8. The Kier molecular flexibility index (Phi) is 5.99. The Morgan fingerprint density at radius 2 is 2.38 bits per heavy atom. The molecule has 1 fully saturated rings. The third-order valence-electron chi connectivity index (χ3n) is 4.26. The monoisotopic (exact) mass is 344 g/mol. The molecule has 0 aromatic carbocycles. The molecule has 1 aliphatic rings. The zero-order valence-corrected chi connectivity index (χ0v) is 14.9. The summed E-state index contributed by atoms with van der Waals surface area (Å²) >= 11 is 1.69. The maximum absolute atomic E-state index is 12.7. The molecule has 2 aromatic heterocycles. The lowest BCUT2D eigenvalue weighted by molar-refractivity contribution is -0.00783. The fraction of sp³-hybridized carbons (Fsp3) is 0.474. The first-order valence-corrected chi connectivity index (χ1v) is 9.52. The number of carbonyl (C=O) groups is 1. The van der Waals surface area contributed by atoms with Crippen LogP contribution >= 0.6 is 11.3 Å². The summed E-state index contributed by atoms with van der Waals surface area (Å²) in [7, 11) is 0. The predicted octanol–water partition coefficient (Wildman–Crippen LogP) is 3.92. The summed E-state index contributed by atoms with van der Waals surface area (Å²) in [4.78, 5) is 20.2. The average Bonchev–Trinajstić information content (AvgIpc) is 3.09. The number of nitrogens with zero attached hydrogens (tertiary/aromatic N) is 2. The number of likely N-dealkylation sites (tertiary alicyclic amines) is 1. The molecule has 3 heterocycles. The zero-order valence-electron chi connectivity index (χ0n) is 14.1. The number of ether oxygens (including phenoxy) is 1. The van der Waals surface area contributed by atoms with Crippen molar-refractivity contribution in [3.63, 3.8) is 0 Å². The minimum Gasteiger partial charge on any atom is -0.370 e. The van der Waals surface area contributed by atoms with E-state index in [0.29, 0.717) is 13.2 Å². The summed E-state index contributed by atoms with van der Waals surface area (Å²) in [5, 5.41) is 1.99. The van der Waals surface area contributed by atoms with E-state index in [9.17, 15) is 4.79 Å². The first-order chi connectivity index (χ1) is 11.8. The van der Waals surface area contributed by atoms with Gasteiger partial charge in [-0.2, -0.15) is 0 Å². The molecule has 2 aromatic rings. The lowest BCUT2D eigenvalue weighted by atomic mass is 10.1. The van der Waals surface area contributed by atoms with Gasteiger partial charge in [-0.3, -0.25) is 9.78 Å². The third kappa shape index (κ3) is 4.42. The van der Waals surface area contributed by atoms with Crippen molar-refractivity contribution < 1.29 is 9.53 Å². The van der Waals surface area contributed by atoms with E-state index < -0.39 is 0 Å². The van der Waals surface area contributed by atoms with Gasteiger partial charge >= 0.3 is 0 Å². The summed E-state index contributed by atoms with van der Waals surface area (Å²) < 4.78 is 5.98. The Morgan fingerprint density at radius 3 is 3.17 bits per heavy atom. The van der Waals surface area contributed by atoms with Crippen molar-refractivity contribution in [2.24, 2.45) is 0 Å². The number of rotatable bonds is 6. The van der Waals surface area contributed by atoms with Crippen molar-refractivity contribution in [2.75, 3.05) is 13.1 Å². The van der Waals surface area contributed by atoms with Crippen LogP contribution in [-0.4, -0.2) is 35.0 Å². The summed E-state index contributed by atoms with van der Waals surface area (Å²) in [5.74, 6) is 0.139. The van der Waals surface area contributed by atoms with E-state index >= 15 is 0 Å². The van der Waals surface area contributed by atoms with E-state index in [1.807, 2.05) is 28.5 Å². The fourth-order valence-electron chi connectivity index (χ4n) is 3.00. The van der Waals surface area contributed by atoms with Crippen molar-refractivity contribution in [1.82, 2.24) is 9.88 Å². The summed E-state index contributed by atoms with van der Waals surface area (Å²) in [6.45, 7) is 4.16. The van der Waals surface area contributed by atoms with Gasteiger partial charge in [-0.25, -0.2) is 0 Å². The molecule has 0 spiro atoms. The molecule has 0 aliphatic carbocycles. The topological polar surface area (TPSA) is 42.4 Å². The van der Waals surface area contributed by atoms with Gasteiger partial charge in [-0.05, 0) is 37.5 Å². The molecule has 1 saturated heterocycles. The molecular formula is C19H24N2O2S. The molecule has 0 unspecified atom stereocenters. The van der Waals surface area contributed by atoms with Gasteiger partial charge in [-0.15, -0.1) is 11.3 Å². The van der Waals surface area contributed by atoms with Gasteiger partial charge in [0.05, 0.1) is 24.0 Å². The molecule has 5 heteroatoms. The van der Waals surface area contributed by atoms with E-state index in [-0.39, 0.29) is 12.0 Å². The minimum absolute atomic E-state index is 0.0958. The number of pyridine rings is 1. The molecule has 0 N–H and O–H groups in total. The molecule has 4 nitrogen and oxygen atoms in total. The highest BCUT2D eigenvalue weighted by molar-refractivity contribution is 7.10. The van der Waals surface area contributed by atoms with Crippen LogP contribution < -0.4 is 0 Å². The first kappa shape index (κ1) is 17.1. The van der Waals surface area contributed by atoms with Gasteiger partial charge in [0, 0.05) is 29.5 Å².